The van der Waals surface area contributed by atoms with Crippen LogP contribution in [0.15, 0.2) is 53.4 Å². The summed E-state index contributed by atoms with van der Waals surface area (Å²) >= 11 is 0. The summed E-state index contributed by atoms with van der Waals surface area (Å²) in [6, 6.07) is 15.2. The van der Waals surface area contributed by atoms with Crippen molar-refractivity contribution in [2.75, 3.05) is 13.2 Å². The van der Waals surface area contributed by atoms with Gasteiger partial charge in [-0.05, 0) is 30.2 Å². The second kappa shape index (κ2) is 7.66. The topological polar surface area (TPSA) is 80.2 Å². The highest BCUT2D eigenvalue weighted by Gasteiger charge is 2.25. The van der Waals surface area contributed by atoms with Crippen LogP contribution in [-0.2, 0) is 27.1 Å². The number of nitrogens with two attached hydrogens (primary N) is 1. The summed E-state index contributed by atoms with van der Waals surface area (Å²) in [4.78, 5) is 0.112. The van der Waals surface area contributed by atoms with Crippen LogP contribution in [0.3, 0.4) is 0 Å². The molecule has 0 spiro atoms. The van der Waals surface area contributed by atoms with E-state index in [2.05, 4.69) is 17.4 Å². The van der Waals surface area contributed by atoms with Gasteiger partial charge in [0.25, 0.3) is 10.1 Å². The van der Waals surface area contributed by atoms with Gasteiger partial charge in [0, 0.05) is 12.8 Å². The first-order chi connectivity index (χ1) is 11.9. The molecule has 3 N–H and O–H groups in total. The number of rotatable bonds is 7. The Morgan fingerprint density at radius 2 is 1.72 bits per heavy atom. The van der Waals surface area contributed by atoms with Gasteiger partial charge < -0.3 is 10.4 Å². The van der Waals surface area contributed by atoms with Crippen LogP contribution in [0.5, 0.6) is 0 Å². The molecular weight excluding hydrogens is 338 g/mol. The maximum Gasteiger partial charge on any atom is 0.297 e. The Morgan fingerprint density at radius 1 is 1.12 bits per heavy atom. The van der Waals surface area contributed by atoms with Crippen molar-refractivity contribution in [1.82, 2.24) is 0 Å². The van der Waals surface area contributed by atoms with E-state index in [-0.39, 0.29) is 11.5 Å². The lowest BCUT2D eigenvalue weighted by atomic mass is 10.1. The molecule has 0 radical (unpaired) electrons. The highest BCUT2D eigenvalue weighted by molar-refractivity contribution is 7.86. The lowest BCUT2D eigenvalue weighted by molar-refractivity contribution is -0.693. The van der Waals surface area contributed by atoms with Gasteiger partial charge in [-0.3, -0.25) is 4.18 Å². The maximum atomic E-state index is 12.1. The Morgan fingerprint density at radius 3 is 2.32 bits per heavy atom. The van der Waals surface area contributed by atoms with Crippen molar-refractivity contribution in [2.24, 2.45) is 0 Å². The van der Waals surface area contributed by atoms with Crippen LogP contribution in [-0.4, -0.2) is 38.8 Å². The zero-order valence-electron chi connectivity index (χ0n) is 14.3. The Bertz CT molecular complexity index is 793. The smallest absolute Gasteiger partial charge is 0.297 e. The molecule has 5 nitrogen and oxygen atoms in total. The van der Waals surface area contributed by atoms with Crippen molar-refractivity contribution in [2.45, 2.75) is 36.8 Å². The molecule has 25 heavy (non-hydrogen) atoms. The standard InChI is InChI=1S/C19H23NO4S/c1-14-6-8-19(9-7-14)25(22,23)24-13-18(21)12-20-17-10-15-4-2-3-5-16(15)11-17/h2-9,17-18,20-21H,10-13H2,1H3/p+1/t18-/m1/s1. The fraction of sp³-hybridized carbons (Fsp3) is 0.368. The van der Waals surface area contributed by atoms with Crippen LogP contribution in [0, 0.1) is 6.92 Å². The van der Waals surface area contributed by atoms with Gasteiger partial charge in [-0.25, -0.2) is 0 Å². The van der Waals surface area contributed by atoms with Crippen molar-refractivity contribution in [3.05, 3.63) is 65.2 Å². The van der Waals surface area contributed by atoms with E-state index < -0.39 is 16.2 Å². The normalized spacial score (nSPS) is 15.9. The molecule has 0 bridgehead atoms. The fourth-order valence-corrected chi connectivity index (χ4v) is 4.06. The number of fused-ring (bicyclic) bond motifs is 1. The SMILES string of the molecule is Cc1ccc(S(=O)(=O)OC[C@H](O)C[NH2+]C2Cc3ccccc3C2)cc1. The van der Waals surface area contributed by atoms with Crippen molar-refractivity contribution in [3.63, 3.8) is 0 Å². The molecule has 2 aromatic rings. The second-order valence-corrected chi connectivity index (χ2v) is 8.23. The van der Waals surface area contributed by atoms with Crippen molar-refractivity contribution in [3.8, 4) is 0 Å². The molecule has 0 amide bonds. The minimum atomic E-state index is -3.83. The highest BCUT2D eigenvalue weighted by atomic mass is 32.2. The van der Waals surface area contributed by atoms with Gasteiger partial charge in [0.05, 0.1) is 17.5 Å². The molecule has 3 rings (SSSR count). The molecule has 0 aromatic heterocycles. The summed E-state index contributed by atoms with van der Waals surface area (Å²) in [5, 5.41) is 12.1. The Balaban J connectivity index is 1.45. The minimum Gasteiger partial charge on any atom is -0.385 e. The molecule has 134 valence electrons. The van der Waals surface area contributed by atoms with E-state index in [0.29, 0.717) is 12.6 Å². The molecule has 0 heterocycles. The van der Waals surface area contributed by atoms with Gasteiger partial charge in [-0.15, -0.1) is 0 Å². The third-order valence-corrected chi connectivity index (χ3v) is 5.85. The molecule has 1 aliphatic rings. The van der Waals surface area contributed by atoms with Crippen LogP contribution < -0.4 is 5.32 Å². The Hall–Kier alpha value is -1.73. The number of aliphatic hydroxyl groups excluding tert-OH is 1. The molecule has 0 fully saturated rings. The van der Waals surface area contributed by atoms with Crippen molar-refractivity contribution < 1.29 is 23.0 Å². The van der Waals surface area contributed by atoms with E-state index in [1.807, 2.05) is 19.1 Å². The van der Waals surface area contributed by atoms with Gasteiger partial charge in [0.2, 0.25) is 0 Å². The quantitative estimate of drug-likeness (QED) is 0.714. The number of hydrogen-bond acceptors (Lipinski definition) is 4. The summed E-state index contributed by atoms with van der Waals surface area (Å²) < 4.78 is 29.2. The van der Waals surface area contributed by atoms with Gasteiger partial charge in [0.1, 0.15) is 12.6 Å². The van der Waals surface area contributed by atoms with E-state index in [1.54, 1.807) is 12.1 Å². The van der Waals surface area contributed by atoms with Crippen LogP contribution in [0.2, 0.25) is 0 Å². The molecule has 1 atom stereocenters. The Kier molecular flexibility index (Phi) is 5.54. The predicted octanol–water partition coefficient (Wildman–Crippen LogP) is 0.792. The first kappa shape index (κ1) is 18.1. The molecule has 1 aliphatic carbocycles. The number of hydrogen-bond donors (Lipinski definition) is 2. The zero-order valence-corrected chi connectivity index (χ0v) is 15.1. The average Bonchev–Trinajstić information content (AvgIpc) is 3.01. The van der Waals surface area contributed by atoms with Crippen LogP contribution >= 0.6 is 0 Å². The molecular formula is C19H24NO4S+. The number of benzene rings is 2. The summed E-state index contributed by atoms with van der Waals surface area (Å²) in [5.41, 5.74) is 3.69. The third-order valence-electron chi connectivity index (χ3n) is 4.55. The Labute approximate surface area is 148 Å². The van der Waals surface area contributed by atoms with E-state index in [4.69, 9.17) is 4.18 Å². The monoisotopic (exact) mass is 362 g/mol. The van der Waals surface area contributed by atoms with E-state index >= 15 is 0 Å². The lowest BCUT2D eigenvalue weighted by Crippen LogP contribution is -2.92. The summed E-state index contributed by atoms with van der Waals surface area (Å²) in [7, 11) is -3.83. The molecule has 0 unspecified atom stereocenters. The van der Waals surface area contributed by atoms with E-state index in [1.165, 1.54) is 23.3 Å². The van der Waals surface area contributed by atoms with Gasteiger partial charge in [-0.1, -0.05) is 42.0 Å². The fourth-order valence-electron chi connectivity index (χ4n) is 3.12. The summed E-state index contributed by atoms with van der Waals surface area (Å²) in [6.07, 6.45) is 1.13. The van der Waals surface area contributed by atoms with Gasteiger partial charge in [-0.2, -0.15) is 8.42 Å². The molecule has 0 aliphatic heterocycles. The summed E-state index contributed by atoms with van der Waals surface area (Å²) in [6.45, 7) is 2.08. The van der Waals surface area contributed by atoms with Crippen LogP contribution in [0.4, 0.5) is 0 Å². The van der Waals surface area contributed by atoms with Crippen molar-refractivity contribution >= 4 is 10.1 Å². The van der Waals surface area contributed by atoms with Crippen molar-refractivity contribution in [1.29, 1.82) is 0 Å². The minimum absolute atomic E-state index is 0.112. The number of quaternary nitrogens is 1. The molecule has 0 saturated carbocycles. The largest absolute Gasteiger partial charge is 0.385 e. The van der Waals surface area contributed by atoms with Gasteiger partial charge >= 0.3 is 0 Å². The molecule has 2 aromatic carbocycles. The predicted molar refractivity (Wildman–Crippen MR) is 94.8 cm³/mol. The highest BCUT2D eigenvalue weighted by Crippen LogP contribution is 2.19. The third kappa shape index (κ3) is 4.67. The van der Waals surface area contributed by atoms with E-state index in [9.17, 15) is 13.5 Å². The van der Waals surface area contributed by atoms with Crippen LogP contribution in [0.25, 0.3) is 0 Å². The number of aliphatic hydroxyl groups is 1. The first-order valence-electron chi connectivity index (χ1n) is 8.48. The molecule has 0 saturated heterocycles. The van der Waals surface area contributed by atoms with Gasteiger partial charge in [0.15, 0.2) is 0 Å². The lowest BCUT2D eigenvalue weighted by Gasteiger charge is -2.13. The van der Waals surface area contributed by atoms with Crippen LogP contribution in [0.1, 0.15) is 16.7 Å². The first-order valence-corrected chi connectivity index (χ1v) is 9.89. The second-order valence-electron chi connectivity index (χ2n) is 6.61. The zero-order chi connectivity index (χ0) is 17.9. The molecule has 6 heteroatoms. The van der Waals surface area contributed by atoms with E-state index in [0.717, 1.165) is 18.4 Å². The number of aryl methyl sites for hydroxylation is 1. The average molecular weight is 362 g/mol. The maximum absolute atomic E-state index is 12.1. The summed E-state index contributed by atoms with van der Waals surface area (Å²) in [5.74, 6) is 0.